The summed E-state index contributed by atoms with van der Waals surface area (Å²) in [5.41, 5.74) is 0.355. The third-order valence-electron chi connectivity index (χ3n) is 6.26. The van der Waals surface area contributed by atoms with E-state index < -0.39 is 0 Å². The van der Waals surface area contributed by atoms with E-state index in [2.05, 4.69) is 49.7 Å². The molecule has 0 radical (unpaired) electrons. The maximum absolute atomic E-state index is 3.85. The van der Waals surface area contributed by atoms with Crippen LogP contribution in [0.25, 0.3) is 0 Å². The zero-order chi connectivity index (χ0) is 15.2. The summed E-state index contributed by atoms with van der Waals surface area (Å²) in [7, 11) is 0. The molecule has 21 heavy (non-hydrogen) atoms. The van der Waals surface area contributed by atoms with Gasteiger partial charge in [-0.2, -0.15) is 0 Å². The van der Waals surface area contributed by atoms with Gasteiger partial charge in [0, 0.05) is 37.8 Å². The number of nitrogens with zero attached hydrogens (tertiary/aromatic N) is 2. The first-order valence-electron chi connectivity index (χ1n) is 9.07. The normalized spacial score (nSPS) is 41.7. The predicted octanol–water partition coefficient (Wildman–Crippen LogP) is 2.43. The lowest BCUT2D eigenvalue weighted by molar-refractivity contribution is -0.0497. The molecule has 0 spiro atoms. The standard InChI is InChI=1S/C18H35N3/c1-13(2)15-10-19-17(18(3,4)5)12-21(15)16-11-20-8-6-14(16)7-9-20/h13-17,19H,6-12H2,1-5H3. The Labute approximate surface area is 131 Å². The van der Waals surface area contributed by atoms with Crippen LogP contribution in [0.4, 0.5) is 0 Å². The highest BCUT2D eigenvalue weighted by molar-refractivity contribution is 5.00. The Morgan fingerprint density at radius 3 is 2.19 bits per heavy atom. The molecule has 0 aromatic carbocycles. The van der Waals surface area contributed by atoms with Crippen LogP contribution in [-0.4, -0.2) is 60.6 Å². The van der Waals surface area contributed by atoms with Crippen LogP contribution in [0.3, 0.4) is 0 Å². The third-order valence-corrected chi connectivity index (χ3v) is 6.26. The first-order chi connectivity index (χ1) is 9.86. The van der Waals surface area contributed by atoms with Gasteiger partial charge in [-0.25, -0.2) is 0 Å². The van der Waals surface area contributed by atoms with Gasteiger partial charge in [-0.05, 0) is 43.2 Å². The monoisotopic (exact) mass is 293 g/mol. The van der Waals surface area contributed by atoms with Gasteiger partial charge in [0.2, 0.25) is 0 Å². The molecular weight excluding hydrogens is 258 g/mol. The van der Waals surface area contributed by atoms with Crippen molar-refractivity contribution in [1.82, 2.24) is 15.1 Å². The number of fused-ring (bicyclic) bond motifs is 3. The van der Waals surface area contributed by atoms with Crippen LogP contribution in [-0.2, 0) is 0 Å². The summed E-state index contributed by atoms with van der Waals surface area (Å²) >= 11 is 0. The maximum Gasteiger partial charge on any atom is 0.0256 e. The molecule has 4 rings (SSSR count). The Hall–Kier alpha value is -0.120. The number of hydrogen-bond donors (Lipinski definition) is 1. The topological polar surface area (TPSA) is 18.5 Å². The minimum Gasteiger partial charge on any atom is -0.311 e. The lowest BCUT2D eigenvalue weighted by atomic mass is 9.78. The molecule has 4 fully saturated rings. The van der Waals surface area contributed by atoms with E-state index in [-0.39, 0.29) is 0 Å². The van der Waals surface area contributed by atoms with Gasteiger partial charge in [0.15, 0.2) is 0 Å². The molecule has 0 aromatic rings. The molecule has 3 unspecified atom stereocenters. The third kappa shape index (κ3) is 3.16. The molecule has 0 aromatic heterocycles. The first kappa shape index (κ1) is 15.8. The van der Waals surface area contributed by atoms with Crippen LogP contribution < -0.4 is 5.32 Å². The van der Waals surface area contributed by atoms with E-state index in [9.17, 15) is 0 Å². The van der Waals surface area contributed by atoms with Crippen molar-refractivity contribution < 1.29 is 0 Å². The van der Waals surface area contributed by atoms with Crippen molar-refractivity contribution in [2.24, 2.45) is 17.3 Å². The van der Waals surface area contributed by atoms with Crippen molar-refractivity contribution in [3.63, 3.8) is 0 Å². The van der Waals surface area contributed by atoms with Gasteiger partial charge in [0.1, 0.15) is 0 Å². The van der Waals surface area contributed by atoms with Crippen LogP contribution in [0.15, 0.2) is 0 Å². The molecule has 3 atom stereocenters. The van der Waals surface area contributed by atoms with Crippen LogP contribution in [0.1, 0.15) is 47.5 Å². The van der Waals surface area contributed by atoms with Crippen LogP contribution >= 0.6 is 0 Å². The van der Waals surface area contributed by atoms with Crippen LogP contribution in [0, 0.1) is 17.3 Å². The minimum atomic E-state index is 0.355. The molecule has 1 N–H and O–H groups in total. The number of hydrogen-bond acceptors (Lipinski definition) is 3. The quantitative estimate of drug-likeness (QED) is 0.843. The molecule has 4 aliphatic heterocycles. The van der Waals surface area contributed by atoms with Gasteiger partial charge in [-0.3, -0.25) is 4.90 Å². The van der Waals surface area contributed by atoms with E-state index in [1.165, 1.54) is 45.6 Å². The lowest BCUT2D eigenvalue weighted by Gasteiger charge is -2.55. The zero-order valence-corrected chi connectivity index (χ0v) is 14.7. The number of rotatable bonds is 2. The molecule has 122 valence electrons. The number of piperidine rings is 3. The van der Waals surface area contributed by atoms with Gasteiger partial charge in [0.05, 0.1) is 0 Å². The van der Waals surface area contributed by atoms with Crippen molar-refractivity contribution in [2.45, 2.75) is 65.6 Å². The molecule has 3 nitrogen and oxygen atoms in total. The summed E-state index contributed by atoms with van der Waals surface area (Å²) in [5.74, 6) is 1.70. The van der Waals surface area contributed by atoms with E-state index in [0.717, 1.165) is 17.9 Å². The van der Waals surface area contributed by atoms with Gasteiger partial charge >= 0.3 is 0 Å². The van der Waals surface area contributed by atoms with E-state index >= 15 is 0 Å². The summed E-state index contributed by atoms with van der Waals surface area (Å²) in [6, 6.07) is 2.16. The largest absolute Gasteiger partial charge is 0.311 e. The first-order valence-corrected chi connectivity index (χ1v) is 9.07. The van der Waals surface area contributed by atoms with Crippen LogP contribution in [0.2, 0.25) is 0 Å². The summed E-state index contributed by atoms with van der Waals surface area (Å²) in [6.45, 7) is 18.4. The summed E-state index contributed by atoms with van der Waals surface area (Å²) in [5, 5.41) is 3.85. The van der Waals surface area contributed by atoms with Gasteiger partial charge < -0.3 is 10.2 Å². The van der Waals surface area contributed by atoms with E-state index in [4.69, 9.17) is 0 Å². The average molecular weight is 293 g/mol. The van der Waals surface area contributed by atoms with Crippen molar-refractivity contribution in [3.05, 3.63) is 0 Å². The summed E-state index contributed by atoms with van der Waals surface area (Å²) in [4.78, 5) is 5.61. The highest BCUT2D eigenvalue weighted by Gasteiger charge is 2.44. The lowest BCUT2D eigenvalue weighted by Crippen LogP contribution is -2.68. The molecule has 0 amide bonds. The number of nitrogens with one attached hydrogen (secondary N) is 1. The Bertz CT molecular complexity index is 352. The summed E-state index contributed by atoms with van der Waals surface area (Å²) < 4.78 is 0. The number of piperazine rings is 1. The Morgan fingerprint density at radius 1 is 1.05 bits per heavy atom. The molecule has 4 saturated heterocycles. The minimum absolute atomic E-state index is 0.355. The van der Waals surface area contributed by atoms with Crippen molar-refractivity contribution >= 4 is 0 Å². The SMILES string of the molecule is CC(C)C1CNC(C(C)(C)C)CN1C1CN2CCC1CC2. The predicted molar refractivity (Wildman–Crippen MR) is 89.5 cm³/mol. The Kier molecular flexibility index (Phi) is 4.37. The fourth-order valence-corrected chi connectivity index (χ4v) is 4.68. The smallest absolute Gasteiger partial charge is 0.0256 e. The van der Waals surface area contributed by atoms with Crippen molar-refractivity contribution in [2.75, 3.05) is 32.7 Å². The second-order valence-electron chi connectivity index (χ2n) is 9.04. The fourth-order valence-electron chi connectivity index (χ4n) is 4.68. The van der Waals surface area contributed by atoms with E-state index in [1.807, 2.05) is 0 Å². The van der Waals surface area contributed by atoms with Gasteiger partial charge in [-0.1, -0.05) is 34.6 Å². The van der Waals surface area contributed by atoms with E-state index in [0.29, 0.717) is 17.5 Å². The van der Waals surface area contributed by atoms with Crippen LogP contribution in [0.5, 0.6) is 0 Å². The molecule has 0 aliphatic carbocycles. The molecule has 4 aliphatic rings. The van der Waals surface area contributed by atoms with Crippen molar-refractivity contribution in [3.8, 4) is 0 Å². The molecule has 0 saturated carbocycles. The fraction of sp³-hybridized carbons (Fsp3) is 1.00. The second kappa shape index (κ2) is 5.82. The Morgan fingerprint density at radius 2 is 1.71 bits per heavy atom. The van der Waals surface area contributed by atoms with Crippen molar-refractivity contribution in [1.29, 1.82) is 0 Å². The second-order valence-corrected chi connectivity index (χ2v) is 9.04. The maximum atomic E-state index is 3.85. The molecule has 3 heteroatoms. The molecule has 2 bridgehead atoms. The Balaban J connectivity index is 1.77. The molecular formula is C18H35N3. The highest BCUT2D eigenvalue weighted by atomic mass is 15.3. The molecule has 4 heterocycles. The highest BCUT2D eigenvalue weighted by Crippen LogP contribution is 2.35. The van der Waals surface area contributed by atoms with E-state index in [1.54, 1.807) is 0 Å². The summed E-state index contributed by atoms with van der Waals surface area (Å²) in [6.07, 6.45) is 2.86. The van der Waals surface area contributed by atoms with Gasteiger partial charge in [-0.15, -0.1) is 0 Å². The average Bonchev–Trinajstić information content (AvgIpc) is 2.46. The van der Waals surface area contributed by atoms with Gasteiger partial charge in [0.25, 0.3) is 0 Å². The zero-order valence-electron chi connectivity index (χ0n) is 14.7.